The molecule has 32 heavy (non-hydrogen) atoms. The number of hydrogen-bond acceptors (Lipinski definition) is 6. The van der Waals surface area contributed by atoms with Crippen LogP contribution in [0.4, 0.5) is 5.82 Å². The number of piperazine rings is 1. The zero-order valence-corrected chi connectivity index (χ0v) is 19.7. The van der Waals surface area contributed by atoms with Gasteiger partial charge in [-0.3, -0.25) is 19.4 Å². The molecule has 1 aliphatic carbocycles. The van der Waals surface area contributed by atoms with Crippen LogP contribution in [0.3, 0.4) is 0 Å². The van der Waals surface area contributed by atoms with Gasteiger partial charge in [-0.15, -0.1) is 0 Å². The van der Waals surface area contributed by atoms with Crippen molar-refractivity contribution >= 4 is 39.3 Å². The minimum atomic E-state index is -0.00870. The van der Waals surface area contributed by atoms with Crippen LogP contribution in [0.15, 0.2) is 24.3 Å². The number of amides is 2. The van der Waals surface area contributed by atoms with Crippen LogP contribution in [0.2, 0.25) is 0 Å². The first kappa shape index (κ1) is 21.8. The zero-order chi connectivity index (χ0) is 22.0. The molecular weight excluding hydrogens is 420 g/mol. The summed E-state index contributed by atoms with van der Waals surface area (Å²) in [6.45, 7) is 5.70. The summed E-state index contributed by atoms with van der Waals surface area (Å²) in [6.07, 6.45) is 8.82. The summed E-state index contributed by atoms with van der Waals surface area (Å²) < 4.78 is 5.95. The van der Waals surface area contributed by atoms with E-state index in [4.69, 9.17) is 4.37 Å². The number of benzene rings is 1. The fourth-order valence-corrected chi connectivity index (χ4v) is 6.62. The van der Waals surface area contributed by atoms with Crippen LogP contribution in [0, 0.1) is 5.41 Å². The third-order valence-electron chi connectivity index (χ3n) is 7.71. The summed E-state index contributed by atoms with van der Waals surface area (Å²) >= 11 is 1.58. The van der Waals surface area contributed by atoms with Crippen LogP contribution in [-0.4, -0.2) is 65.3 Å². The normalized spacial score (nSPS) is 22.2. The zero-order valence-electron chi connectivity index (χ0n) is 18.9. The van der Waals surface area contributed by atoms with Crippen molar-refractivity contribution in [1.29, 1.82) is 0 Å². The molecular formula is C25H34N4O2S. The van der Waals surface area contributed by atoms with Gasteiger partial charge in [0, 0.05) is 51.0 Å². The number of anilines is 1. The summed E-state index contributed by atoms with van der Waals surface area (Å²) in [5, 5.41) is 1.26. The molecule has 0 unspecified atom stereocenters. The number of rotatable bonds is 6. The van der Waals surface area contributed by atoms with Crippen molar-refractivity contribution in [2.24, 2.45) is 5.41 Å². The van der Waals surface area contributed by atoms with Gasteiger partial charge >= 0.3 is 0 Å². The standard InChI is InChI=1S/C25H34N4O2S/c30-22-18-25(10-4-1-5-11-25)19-23(31)29(22)13-7-6-12-27-14-16-28(17-15-27)24-20-8-2-3-9-21(20)32-26-24/h2-3,8-9H,1,4-7,10-19H2. The van der Waals surface area contributed by atoms with Gasteiger partial charge in [-0.2, -0.15) is 4.37 Å². The number of aromatic nitrogens is 1. The second kappa shape index (κ2) is 9.48. The Morgan fingerprint density at radius 2 is 1.56 bits per heavy atom. The van der Waals surface area contributed by atoms with Gasteiger partial charge in [0.2, 0.25) is 11.8 Å². The molecule has 1 saturated carbocycles. The van der Waals surface area contributed by atoms with Gasteiger partial charge in [-0.25, -0.2) is 0 Å². The van der Waals surface area contributed by atoms with Crippen molar-refractivity contribution in [2.75, 3.05) is 44.2 Å². The molecule has 0 atom stereocenters. The van der Waals surface area contributed by atoms with Crippen LogP contribution >= 0.6 is 11.5 Å². The average Bonchev–Trinajstić information content (AvgIpc) is 3.23. The molecule has 2 aromatic rings. The molecule has 2 saturated heterocycles. The van der Waals surface area contributed by atoms with Gasteiger partial charge < -0.3 is 4.90 Å². The third-order valence-corrected chi connectivity index (χ3v) is 8.52. The van der Waals surface area contributed by atoms with Gasteiger partial charge in [0.25, 0.3) is 0 Å². The molecule has 0 N–H and O–H groups in total. The molecule has 0 radical (unpaired) electrons. The first-order valence-corrected chi connectivity index (χ1v) is 13.1. The maximum absolute atomic E-state index is 12.7. The smallest absolute Gasteiger partial charge is 0.229 e. The molecule has 6 nitrogen and oxygen atoms in total. The second-order valence-corrected chi connectivity index (χ2v) is 10.7. The molecule has 1 aromatic carbocycles. The highest BCUT2D eigenvalue weighted by Crippen LogP contribution is 2.45. The highest BCUT2D eigenvalue weighted by molar-refractivity contribution is 7.13. The van der Waals surface area contributed by atoms with Gasteiger partial charge in [0.05, 0.1) is 4.70 Å². The van der Waals surface area contributed by atoms with E-state index >= 15 is 0 Å². The van der Waals surface area contributed by atoms with E-state index in [1.807, 2.05) is 0 Å². The number of hydrogen-bond donors (Lipinski definition) is 0. The van der Waals surface area contributed by atoms with E-state index in [2.05, 4.69) is 34.1 Å². The quantitative estimate of drug-likeness (QED) is 0.481. The van der Waals surface area contributed by atoms with Gasteiger partial charge in [0.1, 0.15) is 5.82 Å². The lowest BCUT2D eigenvalue weighted by Gasteiger charge is -2.42. The van der Waals surface area contributed by atoms with E-state index in [0.29, 0.717) is 19.4 Å². The lowest BCUT2D eigenvalue weighted by Crippen LogP contribution is -2.49. The van der Waals surface area contributed by atoms with E-state index in [9.17, 15) is 9.59 Å². The summed E-state index contributed by atoms with van der Waals surface area (Å²) in [6, 6.07) is 8.46. The molecule has 3 heterocycles. The number of imide groups is 1. The van der Waals surface area contributed by atoms with Gasteiger partial charge in [0.15, 0.2) is 0 Å². The molecule has 5 rings (SSSR count). The molecule has 0 bridgehead atoms. The van der Waals surface area contributed by atoms with Crippen molar-refractivity contribution in [1.82, 2.24) is 14.2 Å². The Hall–Kier alpha value is -1.99. The van der Waals surface area contributed by atoms with Gasteiger partial charge in [-0.05, 0) is 61.3 Å². The fraction of sp³-hybridized carbons (Fsp3) is 0.640. The summed E-state index contributed by atoms with van der Waals surface area (Å²) in [4.78, 5) is 31.9. The predicted octanol–water partition coefficient (Wildman–Crippen LogP) is 4.30. The number of nitrogens with zero attached hydrogens (tertiary/aromatic N) is 4. The molecule has 3 fully saturated rings. The van der Waals surface area contributed by atoms with Crippen LogP contribution in [0.25, 0.3) is 10.1 Å². The van der Waals surface area contributed by atoms with E-state index in [-0.39, 0.29) is 17.2 Å². The Kier molecular flexibility index (Phi) is 6.47. The minimum absolute atomic E-state index is 0.00870. The minimum Gasteiger partial charge on any atom is -0.353 e. The van der Waals surface area contributed by atoms with Crippen molar-refractivity contribution < 1.29 is 9.59 Å². The number of carbonyl (C=O) groups is 2. The molecule has 2 aliphatic heterocycles. The number of unbranched alkanes of at least 4 members (excludes halogenated alkanes) is 1. The Bertz CT molecular complexity index is 940. The molecule has 7 heteroatoms. The Balaban J connectivity index is 1.04. The SMILES string of the molecule is O=C1CC2(CCCCC2)CC(=O)N1CCCCN1CCN(c2nsc3ccccc23)CC1. The number of piperidine rings is 1. The van der Waals surface area contributed by atoms with Crippen molar-refractivity contribution in [3.05, 3.63) is 24.3 Å². The van der Waals surface area contributed by atoms with E-state index in [1.54, 1.807) is 16.4 Å². The average molecular weight is 455 g/mol. The maximum Gasteiger partial charge on any atom is 0.229 e. The molecule has 3 aliphatic rings. The fourth-order valence-electron chi connectivity index (χ4n) is 5.83. The third kappa shape index (κ3) is 4.55. The number of fused-ring (bicyclic) bond motifs is 1. The predicted molar refractivity (Wildman–Crippen MR) is 129 cm³/mol. The van der Waals surface area contributed by atoms with Crippen LogP contribution in [-0.2, 0) is 9.59 Å². The topological polar surface area (TPSA) is 56.8 Å². The molecule has 1 aromatic heterocycles. The Morgan fingerprint density at radius 1 is 0.875 bits per heavy atom. The van der Waals surface area contributed by atoms with E-state index in [0.717, 1.165) is 64.2 Å². The first-order chi connectivity index (χ1) is 15.6. The lowest BCUT2D eigenvalue weighted by molar-refractivity contribution is -0.154. The van der Waals surface area contributed by atoms with Crippen LogP contribution in [0.5, 0.6) is 0 Å². The van der Waals surface area contributed by atoms with Crippen molar-refractivity contribution in [3.63, 3.8) is 0 Å². The van der Waals surface area contributed by atoms with Gasteiger partial charge in [-0.1, -0.05) is 31.4 Å². The van der Waals surface area contributed by atoms with E-state index < -0.39 is 0 Å². The van der Waals surface area contributed by atoms with E-state index in [1.165, 1.54) is 29.3 Å². The number of likely N-dealkylation sites (tertiary alicyclic amines) is 1. The van der Waals surface area contributed by atoms with Crippen molar-refractivity contribution in [3.8, 4) is 0 Å². The summed E-state index contributed by atoms with van der Waals surface area (Å²) in [5.74, 6) is 1.28. The highest BCUT2D eigenvalue weighted by Gasteiger charge is 2.43. The second-order valence-electron chi connectivity index (χ2n) is 9.89. The molecule has 2 amide bonds. The molecule has 1 spiro atoms. The Morgan fingerprint density at radius 3 is 2.31 bits per heavy atom. The number of carbonyl (C=O) groups excluding carboxylic acids is 2. The maximum atomic E-state index is 12.7. The lowest BCUT2D eigenvalue weighted by atomic mass is 9.67. The summed E-state index contributed by atoms with van der Waals surface area (Å²) in [5.41, 5.74) is -0.00870. The highest BCUT2D eigenvalue weighted by atomic mass is 32.1. The first-order valence-electron chi connectivity index (χ1n) is 12.3. The summed E-state index contributed by atoms with van der Waals surface area (Å²) in [7, 11) is 0. The monoisotopic (exact) mass is 454 g/mol. The van der Waals surface area contributed by atoms with Crippen molar-refractivity contribution in [2.45, 2.75) is 57.8 Å². The van der Waals surface area contributed by atoms with Crippen LogP contribution < -0.4 is 4.90 Å². The molecule has 172 valence electrons. The largest absolute Gasteiger partial charge is 0.353 e. The van der Waals surface area contributed by atoms with Crippen LogP contribution in [0.1, 0.15) is 57.8 Å². The Labute approximate surface area is 194 Å².